The van der Waals surface area contributed by atoms with Crippen LogP contribution in [-0.2, 0) is 14.3 Å². The molecule has 0 aliphatic rings. The lowest BCUT2D eigenvalue weighted by Crippen LogP contribution is -2.34. The average molecular weight is 402 g/mol. The fourth-order valence-electron chi connectivity index (χ4n) is 1.56. The fourth-order valence-corrected chi connectivity index (χ4v) is 2.16. The maximum atomic E-state index is 11.3. The molecule has 1 unspecified atom stereocenters. The van der Waals surface area contributed by atoms with E-state index in [1.54, 1.807) is 0 Å². The summed E-state index contributed by atoms with van der Waals surface area (Å²) in [6, 6.07) is -0.0855. The van der Waals surface area contributed by atoms with Crippen molar-refractivity contribution >= 4 is 43.3 Å². The molecule has 0 spiro atoms. The standard InChI is InChI=1S/C12H24IN2O3P/c1-2-14-10(12(17)19)5-3-4-7-15-11(16)9-18-8-6-13/h10,14H,2-9,19H2,1H3,(H,15,16)/t10-/m0/s1. The molecule has 0 aromatic carbocycles. The van der Waals surface area contributed by atoms with Crippen LogP contribution in [0.15, 0.2) is 0 Å². The predicted molar refractivity (Wildman–Crippen MR) is 88.7 cm³/mol. The first-order chi connectivity index (χ1) is 9.11. The van der Waals surface area contributed by atoms with E-state index in [4.69, 9.17) is 4.74 Å². The van der Waals surface area contributed by atoms with Crippen LogP contribution in [-0.4, -0.2) is 48.2 Å². The number of ether oxygens (including phenoxy) is 1. The highest BCUT2D eigenvalue weighted by Crippen LogP contribution is 2.05. The molecule has 0 radical (unpaired) electrons. The fraction of sp³-hybridized carbons (Fsp3) is 0.833. The molecule has 0 saturated heterocycles. The van der Waals surface area contributed by atoms with Crippen molar-refractivity contribution in [3.05, 3.63) is 0 Å². The van der Waals surface area contributed by atoms with Gasteiger partial charge in [-0.25, -0.2) is 0 Å². The minimum atomic E-state index is -0.0855. The molecular formula is C12H24IN2O3P. The van der Waals surface area contributed by atoms with Crippen LogP contribution in [0, 0.1) is 0 Å². The van der Waals surface area contributed by atoms with Gasteiger partial charge in [-0.15, -0.1) is 0 Å². The third-order valence-electron chi connectivity index (χ3n) is 2.49. The lowest BCUT2D eigenvalue weighted by atomic mass is 10.1. The Bertz CT molecular complexity index is 267. The van der Waals surface area contributed by atoms with Gasteiger partial charge in [-0.1, -0.05) is 38.8 Å². The molecule has 0 fully saturated rings. The number of hydrogen-bond donors (Lipinski definition) is 2. The highest BCUT2D eigenvalue weighted by atomic mass is 127. The van der Waals surface area contributed by atoms with Gasteiger partial charge in [0.05, 0.1) is 12.6 Å². The summed E-state index contributed by atoms with van der Waals surface area (Å²) in [5, 5.41) is 5.94. The number of carbonyl (C=O) groups is 2. The van der Waals surface area contributed by atoms with Crippen LogP contribution >= 0.6 is 31.8 Å². The second-order valence-corrected chi connectivity index (χ2v) is 5.75. The molecule has 0 aliphatic carbocycles. The van der Waals surface area contributed by atoms with Crippen molar-refractivity contribution in [3.63, 3.8) is 0 Å². The topological polar surface area (TPSA) is 67.4 Å². The van der Waals surface area contributed by atoms with Gasteiger partial charge in [-0.3, -0.25) is 9.59 Å². The molecule has 7 heteroatoms. The molecule has 5 nitrogen and oxygen atoms in total. The van der Waals surface area contributed by atoms with Crippen molar-refractivity contribution in [1.29, 1.82) is 0 Å². The zero-order valence-electron chi connectivity index (χ0n) is 11.4. The van der Waals surface area contributed by atoms with Crippen molar-refractivity contribution in [2.24, 2.45) is 0 Å². The second-order valence-electron chi connectivity index (χ2n) is 4.10. The molecule has 0 aromatic rings. The molecule has 0 aromatic heterocycles. The summed E-state index contributed by atoms with van der Waals surface area (Å²) < 4.78 is 6.02. The Morgan fingerprint density at radius 3 is 2.68 bits per heavy atom. The maximum Gasteiger partial charge on any atom is 0.245 e. The number of nitrogens with one attached hydrogen (secondary N) is 2. The van der Waals surface area contributed by atoms with Gasteiger partial charge in [0.15, 0.2) is 5.52 Å². The minimum Gasteiger partial charge on any atom is -0.371 e. The Kier molecular flexibility index (Phi) is 13.4. The van der Waals surface area contributed by atoms with Gasteiger partial charge in [0.1, 0.15) is 6.61 Å². The van der Waals surface area contributed by atoms with Crippen molar-refractivity contribution in [1.82, 2.24) is 10.6 Å². The summed E-state index contributed by atoms with van der Waals surface area (Å²) in [4.78, 5) is 22.6. The van der Waals surface area contributed by atoms with Crippen molar-refractivity contribution in [2.45, 2.75) is 32.2 Å². The van der Waals surface area contributed by atoms with E-state index in [1.165, 1.54) is 0 Å². The number of rotatable bonds is 12. The number of amides is 1. The van der Waals surface area contributed by atoms with Gasteiger partial charge in [0.25, 0.3) is 0 Å². The summed E-state index contributed by atoms with van der Waals surface area (Å²) in [6.07, 6.45) is 2.59. The normalized spacial score (nSPS) is 12.2. The lowest BCUT2D eigenvalue weighted by Gasteiger charge is -2.14. The first-order valence-electron chi connectivity index (χ1n) is 6.54. The average Bonchev–Trinajstić information content (AvgIpc) is 2.37. The zero-order valence-corrected chi connectivity index (χ0v) is 14.7. The van der Waals surface area contributed by atoms with Crippen molar-refractivity contribution < 1.29 is 14.3 Å². The summed E-state index contributed by atoms with van der Waals surface area (Å²) in [6.45, 7) is 4.14. The van der Waals surface area contributed by atoms with E-state index in [-0.39, 0.29) is 24.1 Å². The quantitative estimate of drug-likeness (QED) is 0.222. The van der Waals surface area contributed by atoms with E-state index in [0.29, 0.717) is 13.2 Å². The first kappa shape index (κ1) is 19.2. The number of hydrogen-bond acceptors (Lipinski definition) is 4. The Morgan fingerprint density at radius 1 is 1.37 bits per heavy atom. The van der Waals surface area contributed by atoms with Gasteiger partial charge >= 0.3 is 0 Å². The lowest BCUT2D eigenvalue weighted by molar-refractivity contribution is -0.125. The first-order valence-corrected chi connectivity index (χ1v) is 8.65. The third kappa shape index (κ3) is 11.7. The molecule has 19 heavy (non-hydrogen) atoms. The van der Waals surface area contributed by atoms with Crippen LogP contribution in [0.25, 0.3) is 0 Å². The van der Waals surface area contributed by atoms with E-state index < -0.39 is 0 Å². The van der Waals surface area contributed by atoms with E-state index >= 15 is 0 Å². The maximum absolute atomic E-state index is 11.3. The van der Waals surface area contributed by atoms with Gasteiger partial charge in [0, 0.05) is 11.0 Å². The molecule has 0 saturated carbocycles. The number of likely N-dealkylation sites (N-methyl/N-ethyl adjacent to an activating group) is 1. The van der Waals surface area contributed by atoms with Crippen LogP contribution in [0.3, 0.4) is 0 Å². The Labute approximate surface area is 131 Å². The van der Waals surface area contributed by atoms with E-state index in [9.17, 15) is 9.59 Å². The Morgan fingerprint density at radius 2 is 2.11 bits per heavy atom. The second kappa shape index (κ2) is 13.2. The molecule has 2 N–H and O–H groups in total. The number of alkyl halides is 1. The van der Waals surface area contributed by atoms with Crippen LogP contribution < -0.4 is 10.6 Å². The van der Waals surface area contributed by atoms with Crippen LogP contribution in [0.2, 0.25) is 0 Å². The van der Waals surface area contributed by atoms with E-state index in [1.807, 2.05) is 6.92 Å². The smallest absolute Gasteiger partial charge is 0.245 e. The highest BCUT2D eigenvalue weighted by Gasteiger charge is 2.11. The van der Waals surface area contributed by atoms with Crippen molar-refractivity contribution in [2.75, 3.05) is 30.7 Å². The molecule has 0 bridgehead atoms. The van der Waals surface area contributed by atoms with Gasteiger partial charge in [-0.05, 0) is 25.8 Å². The molecule has 2 atom stereocenters. The largest absolute Gasteiger partial charge is 0.371 e. The summed E-state index contributed by atoms with van der Waals surface area (Å²) >= 11 is 2.20. The monoisotopic (exact) mass is 402 g/mol. The van der Waals surface area contributed by atoms with Gasteiger partial charge in [0.2, 0.25) is 5.91 Å². The molecule has 0 heterocycles. The molecule has 0 aliphatic heterocycles. The molecular weight excluding hydrogens is 378 g/mol. The van der Waals surface area contributed by atoms with Crippen LogP contribution in [0.5, 0.6) is 0 Å². The zero-order chi connectivity index (χ0) is 14.5. The van der Waals surface area contributed by atoms with E-state index in [0.717, 1.165) is 30.2 Å². The summed E-state index contributed by atoms with van der Waals surface area (Å²) in [5.74, 6) is -0.0739. The molecule has 0 rings (SSSR count). The van der Waals surface area contributed by atoms with Gasteiger partial charge in [-0.2, -0.15) is 0 Å². The number of halogens is 1. The number of unbranched alkanes of at least 4 members (excludes halogenated alkanes) is 1. The van der Waals surface area contributed by atoms with Crippen LogP contribution in [0.4, 0.5) is 0 Å². The van der Waals surface area contributed by atoms with E-state index in [2.05, 4.69) is 42.5 Å². The summed E-state index contributed by atoms with van der Waals surface area (Å²) in [5.41, 5.74) is 0.0954. The molecule has 112 valence electrons. The van der Waals surface area contributed by atoms with Crippen LogP contribution in [0.1, 0.15) is 26.2 Å². The van der Waals surface area contributed by atoms with Gasteiger partial charge < -0.3 is 15.4 Å². The Balaban J connectivity index is 3.52. The van der Waals surface area contributed by atoms with Crippen molar-refractivity contribution in [3.8, 4) is 0 Å². The summed E-state index contributed by atoms with van der Waals surface area (Å²) in [7, 11) is 2.22. The SMILES string of the molecule is CCN[C@@H](CCCCNC(=O)COCCI)C(=O)P. The number of carbonyl (C=O) groups excluding carboxylic acids is 2. The third-order valence-corrected chi connectivity index (χ3v) is 3.33. The Hall–Kier alpha value is 0.220. The minimum absolute atomic E-state index is 0.0739. The molecule has 1 amide bonds. The predicted octanol–water partition coefficient (Wildman–Crippen LogP) is 1.10. The highest BCUT2D eigenvalue weighted by molar-refractivity contribution is 14.1.